The predicted molar refractivity (Wildman–Crippen MR) is 109 cm³/mol. The number of piperidine rings is 1. The van der Waals surface area contributed by atoms with Crippen LogP contribution in [0.25, 0.3) is 0 Å². The zero-order valence-corrected chi connectivity index (χ0v) is 16.9. The molecule has 2 heterocycles. The Hall–Kier alpha value is -2.87. The second-order valence-corrected chi connectivity index (χ2v) is 7.34. The maximum atomic E-state index is 12.5. The van der Waals surface area contributed by atoms with Crippen LogP contribution in [-0.4, -0.2) is 55.1 Å². The number of rotatable bonds is 6. The summed E-state index contributed by atoms with van der Waals surface area (Å²) in [7, 11) is 0. The van der Waals surface area contributed by atoms with Crippen molar-refractivity contribution in [3.63, 3.8) is 0 Å². The molecule has 1 aromatic rings. The van der Waals surface area contributed by atoms with Crippen LogP contribution >= 0.6 is 0 Å². The van der Waals surface area contributed by atoms with Gasteiger partial charge < -0.3 is 20.7 Å². The maximum Gasteiger partial charge on any atom is 0.337 e. The van der Waals surface area contributed by atoms with Crippen molar-refractivity contribution in [1.29, 1.82) is 0 Å². The lowest BCUT2D eigenvalue weighted by Crippen LogP contribution is -2.52. The zero-order chi connectivity index (χ0) is 20.8. The second kappa shape index (κ2) is 9.56. The molecule has 0 spiro atoms. The summed E-state index contributed by atoms with van der Waals surface area (Å²) in [5.74, 6) is -0.433. The Kier molecular flexibility index (Phi) is 6.87. The third-order valence-corrected chi connectivity index (χ3v) is 5.25. The van der Waals surface area contributed by atoms with Crippen LogP contribution in [0.4, 0.5) is 10.5 Å². The van der Waals surface area contributed by atoms with Crippen molar-refractivity contribution < 1.29 is 19.1 Å². The summed E-state index contributed by atoms with van der Waals surface area (Å²) in [4.78, 5) is 38.9. The predicted octanol–water partition coefficient (Wildman–Crippen LogP) is 1.86. The molecule has 1 fully saturated rings. The molecule has 0 aromatic heterocycles. The van der Waals surface area contributed by atoms with Crippen LogP contribution < -0.4 is 16.0 Å². The summed E-state index contributed by atoms with van der Waals surface area (Å²) >= 11 is 0. The summed E-state index contributed by atoms with van der Waals surface area (Å²) < 4.78 is 5.15. The molecule has 1 atom stereocenters. The van der Waals surface area contributed by atoms with Crippen molar-refractivity contribution in [3.05, 3.63) is 41.6 Å². The number of carbonyl (C=O) groups excluding carboxylic acids is 3. The first kappa shape index (κ1) is 20.9. The minimum Gasteiger partial charge on any atom is -0.463 e. The Morgan fingerprint density at radius 3 is 2.55 bits per heavy atom. The number of nitrogens with zero attached hydrogens (tertiary/aromatic N) is 1. The molecule has 29 heavy (non-hydrogen) atoms. The Labute approximate surface area is 170 Å². The van der Waals surface area contributed by atoms with E-state index in [0.717, 1.165) is 18.5 Å². The summed E-state index contributed by atoms with van der Waals surface area (Å²) in [5, 5.41) is 8.42. The zero-order valence-electron chi connectivity index (χ0n) is 16.9. The van der Waals surface area contributed by atoms with E-state index in [9.17, 15) is 14.4 Å². The van der Waals surface area contributed by atoms with Gasteiger partial charge in [-0.25, -0.2) is 9.59 Å². The smallest absolute Gasteiger partial charge is 0.337 e. The first-order chi connectivity index (χ1) is 14.0. The number of benzene rings is 1. The first-order valence-corrected chi connectivity index (χ1v) is 10.0. The fraction of sp³-hybridized carbons (Fsp3) is 0.476. The number of hydrogen-bond donors (Lipinski definition) is 3. The lowest BCUT2D eigenvalue weighted by molar-refractivity contribution is -0.139. The van der Waals surface area contributed by atoms with Crippen molar-refractivity contribution in [2.75, 3.05) is 31.6 Å². The molecule has 0 aliphatic carbocycles. The van der Waals surface area contributed by atoms with Crippen LogP contribution in [-0.2, 0) is 14.3 Å². The highest BCUT2D eigenvalue weighted by Crippen LogP contribution is 2.22. The van der Waals surface area contributed by atoms with E-state index in [-0.39, 0.29) is 24.5 Å². The van der Waals surface area contributed by atoms with Gasteiger partial charge in [0, 0.05) is 23.8 Å². The quantitative estimate of drug-likeness (QED) is 0.633. The number of hydrogen-bond acceptors (Lipinski definition) is 5. The van der Waals surface area contributed by atoms with Crippen LogP contribution in [0, 0.1) is 5.92 Å². The van der Waals surface area contributed by atoms with Crippen molar-refractivity contribution in [2.24, 2.45) is 5.92 Å². The normalized spacial score (nSPS) is 20.6. The van der Waals surface area contributed by atoms with E-state index in [2.05, 4.69) is 20.9 Å². The molecule has 8 nitrogen and oxygen atoms in total. The molecule has 3 N–H and O–H groups in total. The molecule has 156 valence electrons. The molecule has 0 saturated carbocycles. The van der Waals surface area contributed by atoms with Gasteiger partial charge in [0.05, 0.1) is 18.2 Å². The summed E-state index contributed by atoms with van der Waals surface area (Å²) in [5.41, 5.74) is 1.83. The maximum absolute atomic E-state index is 12.5. The van der Waals surface area contributed by atoms with Gasteiger partial charge in [-0.3, -0.25) is 9.69 Å². The third-order valence-electron chi connectivity index (χ3n) is 5.25. The molecule has 1 saturated heterocycles. The fourth-order valence-corrected chi connectivity index (χ4v) is 3.75. The molecule has 1 aromatic carbocycles. The average molecular weight is 400 g/mol. The highest BCUT2D eigenvalue weighted by atomic mass is 16.5. The van der Waals surface area contributed by atoms with Gasteiger partial charge in [0.25, 0.3) is 0 Å². The van der Waals surface area contributed by atoms with Crippen LogP contribution in [0.1, 0.15) is 26.7 Å². The topological polar surface area (TPSA) is 99.8 Å². The van der Waals surface area contributed by atoms with E-state index < -0.39 is 12.0 Å². The molecular formula is C21H28N4O4. The van der Waals surface area contributed by atoms with Crippen molar-refractivity contribution >= 4 is 23.6 Å². The van der Waals surface area contributed by atoms with E-state index in [1.165, 1.54) is 0 Å². The van der Waals surface area contributed by atoms with Gasteiger partial charge in [0.15, 0.2) is 0 Å². The second-order valence-electron chi connectivity index (χ2n) is 7.34. The Bertz CT molecular complexity index is 785. The van der Waals surface area contributed by atoms with E-state index in [0.29, 0.717) is 30.9 Å². The number of ether oxygens (including phenoxy) is 1. The highest BCUT2D eigenvalue weighted by Gasteiger charge is 2.32. The van der Waals surface area contributed by atoms with E-state index in [1.807, 2.05) is 30.3 Å². The van der Waals surface area contributed by atoms with Gasteiger partial charge in [-0.15, -0.1) is 0 Å². The van der Waals surface area contributed by atoms with Crippen molar-refractivity contribution in [3.8, 4) is 0 Å². The fourth-order valence-electron chi connectivity index (χ4n) is 3.75. The third kappa shape index (κ3) is 5.35. The molecule has 3 amide bonds. The number of carbonyl (C=O) groups is 3. The molecule has 2 aliphatic heterocycles. The largest absolute Gasteiger partial charge is 0.463 e. The number of likely N-dealkylation sites (tertiary alicyclic amines) is 1. The molecule has 8 heteroatoms. The SMILES string of the molecule is CCOC(=O)C1=C(CN2CCC(C(=O)Nc3ccccc3)CC2)NC(=O)NC1C. The number of urea groups is 1. The standard InChI is InChI=1S/C21H28N4O4/c1-3-29-20(27)18-14(2)22-21(28)24-17(18)13-25-11-9-15(10-12-25)19(26)23-16-7-5-4-6-8-16/h4-8,14-15H,3,9-13H2,1-2H3,(H,23,26)(H2,22,24,28). The van der Waals surface area contributed by atoms with Crippen LogP contribution in [0.3, 0.4) is 0 Å². The number of amides is 3. The lowest BCUT2D eigenvalue weighted by atomic mass is 9.95. The van der Waals surface area contributed by atoms with Crippen LogP contribution in [0.2, 0.25) is 0 Å². The first-order valence-electron chi connectivity index (χ1n) is 10.0. The van der Waals surface area contributed by atoms with Crippen LogP contribution in [0.15, 0.2) is 41.6 Å². The van der Waals surface area contributed by atoms with Gasteiger partial charge in [-0.2, -0.15) is 0 Å². The van der Waals surface area contributed by atoms with Crippen molar-refractivity contribution in [1.82, 2.24) is 15.5 Å². The molecule has 0 radical (unpaired) electrons. The van der Waals surface area contributed by atoms with Crippen molar-refractivity contribution in [2.45, 2.75) is 32.7 Å². The summed E-state index contributed by atoms with van der Waals surface area (Å²) in [6.45, 7) is 5.67. The Morgan fingerprint density at radius 1 is 1.21 bits per heavy atom. The van der Waals surface area contributed by atoms with Gasteiger partial charge >= 0.3 is 12.0 Å². The minimum atomic E-state index is -0.417. The van der Waals surface area contributed by atoms with E-state index >= 15 is 0 Å². The molecule has 1 unspecified atom stereocenters. The van der Waals surface area contributed by atoms with E-state index in [4.69, 9.17) is 4.74 Å². The van der Waals surface area contributed by atoms with E-state index in [1.54, 1.807) is 13.8 Å². The average Bonchev–Trinajstić information content (AvgIpc) is 2.69. The summed E-state index contributed by atoms with van der Waals surface area (Å²) in [6, 6.07) is 8.70. The Balaban J connectivity index is 1.59. The van der Waals surface area contributed by atoms with Gasteiger partial charge in [-0.1, -0.05) is 18.2 Å². The molecule has 0 bridgehead atoms. The molecule has 2 aliphatic rings. The number of esters is 1. The van der Waals surface area contributed by atoms with Gasteiger partial charge in [0.1, 0.15) is 0 Å². The summed E-state index contributed by atoms with van der Waals surface area (Å²) in [6.07, 6.45) is 1.45. The van der Waals surface area contributed by atoms with Gasteiger partial charge in [0.2, 0.25) is 5.91 Å². The highest BCUT2D eigenvalue weighted by molar-refractivity contribution is 5.95. The monoisotopic (exact) mass is 400 g/mol. The number of nitrogens with one attached hydrogen (secondary N) is 3. The minimum absolute atomic E-state index is 0.0334. The molecular weight excluding hydrogens is 372 g/mol. The Morgan fingerprint density at radius 2 is 1.90 bits per heavy atom. The van der Waals surface area contributed by atoms with Gasteiger partial charge in [-0.05, 0) is 51.9 Å². The lowest BCUT2D eigenvalue weighted by Gasteiger charge is -2.34. The number of anilines is 1. The molecule has 3 rings (SSSR count). The van der Waals surface area contributed by atoms with Crippen LogP contribution in [0.5, 0.6) is 0 Å². The number of para-hydroxylation sites is 1.